The van der Waals surface area contributed by atoms with Gasteiger partial charge < -0.3 is 45.1 Å². The number of rotatable bonds is 50. The van der Waals surface area contributed by atoms with E-state index in [9.17, 15) is 35.1 Å². The molecule has 1 fully saturated rings. The summed E-state index contributed by atoms with van der Waals surface area (Å²) in [7, 11) is 0. The van der Waals surface area contributed by atoms with E-state index < -0.39 is 67.4 Å². The molecule has 0 aromatic carbocycles. The maximum absolute atomic E-state index is 13.4. The highest BCUT2D eigenvalue weighted by molar-refractivity contribution is 5.80. The average molecular weight is 1040 g/mol. The summed E-state index contributed by atoms with van der Waals surface area (Å²) < 4.78 is 17.5. The predicted octanol–water partition coefficient (Wildman–Crippen LogP) is 14.0. The summed E-state index contributed by atoms with van der Waals surface area (Å²) in [5.41, 5.74) is 0. The van der Waals surface area contributed by atoms with Gasteiger partial charge in [-0.1, -0.05) is 280 Å². The number of nitrogens with one attached hydrogen (secondary N) is 1. The number of ether oxygens (including phenoxy) is 3. The minimum atomic E-state index is -1.64. The number of allylic oxidation sites excluding steroid dienone is 11. The fraction of sp³-hybridized carbons (Fsp3) is 0.778. The van der Waals surface area contributed by atoms with Crippen LogP contribution in [-0.2, 0) is 23.8 Å². The van der Waals surface area contributed by atoms with Crippen LogP contribution in [0.4, 0.5) is 0 Å². The minimum Gasteiger partial charge on any atom is -0.454 e. The summed E-state index contributed by atoms with van der Waals surface area (Å²) in [5.74, 6) is -1.27. The molecule has 0 radical (unpaired) electrons. The zero-order chi connectivity index (χ0) is 54.0. The van der Waals surface area contributed by atoms with Crippen LogP contribution in [0.2, 0.25) is 0 Å². The van der Waals surface area contributed by atoms with Crippen molar-refractivity contribution in [2.45, 2.75) is 301 Å². The molecule has 1 saturated heterocycles. The molecule has 11 heteroatoms. The molecule has 6 N–H and O–H groups in total. The number of esters is 1. The van der Waals surface area contributed by atoms with E-state index in [1.807, 2.05) is 60.8 Å². The predicted molar refractivity (Wildman–Crippen MR) is 306 cm³/mol. The minimum absolute atomic E-state index is 0.0259. The van der Waals surface area contributed by atoms with Crippen molar-refractivity contribution in [1.29, 1.82) is 0 Å². The largest absolute Gasteiger partial charge is 0.454 e. The number of carbonyl (C=O) groups excluding carboxylic acids is 2. The second-order valence-corrected chi connectivity index (χ2v) is 20.8. The standard InChI is InChI=1S/C63H111NO10/c1-4-7-10-13-16-19-22-25-26-27-28-29-30-31-33-35-38-41-44-47-50-56(67)62(71)64-54(55(66)49-46-43-40-37-34-24-21-18-15-12-9-6-3)53-72-63-61(60(70)59(69)57(52-65)73-63)74-58(68)51-48-45-42-39-36-32-23-20-17-14-11-8-5-2/h8,11,14,17,20,23,32,36,39,42,46,49,54-57,59-61,63,65-67,69-70H,4-7,9-10,12-13,15-16,18-19,21-22,24-31,33-35,37-38,40-41,43-45,47-48,50-53H2,1-3H3,(H,64,71)/b11-8+,17-14+,23-20-,36-32-,42-39+,49-46+. The molecule has 11 nitrogen and oxygen atoms in total. The first-order chi connectivity index (χ1) is 36.2. The SMILES string of the molecule is CC/C=C/C=C/C=C\C=C/C=C/CCCC(=O)OC1C(OCC(NC(=O)C(O)CCCCCCCCCCCCCCCCCCCCCC)C(O)/C=C/CCCCCCCCCCCC)OC(CO)C(O)C1O. The van der Waals surface area contributed by atoms with E-state index in [-0.39, 0.29) is 19.4 Å². The Morgan fingerprint density at radius 3 is 1.45 bits per heavy atom. The van der Waals surface area contributed by atoms with Crippen LogP contribution < -0.4 is 5.32 Å². The molecule has 1 heterocycles. The van der Waals surface area contributed by atoms with Crippen LogP contribution in [0.1, 0.15) is 252 Å². The van der Waals surface area contributed by atoms with Crippen LogP contribution in [0.5, 0.6) is 0 Å². The zero-order valence-corrected chi connectivity index (χ0v) is 47.2. The van der Waals surface area contributed by atoms with Crippen molar-refractivity contribution in [3.63, 3.8) is 0 Å². The van der Waals surface area contributed by atoms with Gasteiger partial charge in [0.2, 0.25) is 5.91 Å². The zero-order valence-electron chi connectivity index (χ0n) is 47.2. The first-order valence-electron chi connectivity index (χ1n) is 30.3. The Morgan fingerprint density at radius 2 is 0.973 bits per heavy atom. The number of amides is 1. The number of hydrogen-bond donors (Lipinski definition) is 6. The Kier molecular flexibility index (Phi) is 47.5. The molecule has 0 saturated carbocycles. The third-order valence-corrected chi connectivity index (χ3v) is 14.0. The Morgan fingerprint density at radius 1 is 0.541 bits per heavy atom. The van der Waals surface area contributed by atoms with Crippen molar-refractivity contribution in [1.82, 2.24) is 5.32 Å². The van der Waals surface area contributed by atoms with Gasteiger partial charge in [-0.25, -0.2) is 0 Å². The van der Waals surface area contributed by atoms with Gasteiger partial charge in [-0.2, -0.15) is 0 Å². The molecular formula is C63H111NO10. The van der Waals surface area contributed by atoms with Crippen LogP contribution in [-0.4, -0.2) is 99.6 Å². The van der Waals surface area contributed by atoms with E-state index in [2.05, 4.69) is 32.2 Å². The lowest BCUT2D eigenvalue weighted by Crippen LogP contribution is -2.61. The molecule has 1 aliphatic heterocycles. The van der Waals surface area contributed by atoms with Gasteiger partial charge in [0.15, 0.2) is 12.4 Å². The number of aliphatic hydroxyl groups excluding tert-OH is 5. The van der Waals surface area contributed by atoms with Gasteiger partial charge in [-0.3, -0.25) is 9.59 Å². The van der Waals surface area contributed by atoms with Gasteiger partial charge in [-0.05, 0) is 38.5 Å². The number of hydrogen-bond acceptors (Lipinski definition) is 10. The Hall–Kier alpha value is -2.90. The van der Waals surface area contributed by atoms with Gasteiger partial charge in [0, 0.05) is 6.42 Å². The maximum Gasteiger partial charge on any atom is 0.306 e. The molecule has 8 atom stereocenters. The summed E-state index contributed by atoms with van der Waals surface area (Å²) in [5, 5.41) is 56.8. The quantitative estimate of drug-likeness (QED) is 0.0149. The topological polar surface area (TPSA) is 175 Å². The van der Waals surface area contributed by atoms with Crippen molar-refractivity contribution < 1.29 is 49.3 Å². The number of unbranched alkanes of at least 4 members (excludes halogenated alkanes) is 30. The lowest BCUT2D eigenvalue weighted by Gasteiger charge is -2.41. The van der Waals surface area contributed by atoms with E-state index >= 15 is 0 Å². The fourth-order valence-electron chi connectivity index (χ4n) is 9.21. The lowest BCUT2D eigenvalue weighted by atomic mass is 9.99. The lowest BCUT2D eigenvalue weighted by molar-refractivity contribution is -0.305. The fourth-order valence-corrected chi connectivity index (χ4v) is 9.21. The van der Waals surface area contributed by atoms with Crippen LogP contribution >= 0.6 is 0 Å². The molecule has 1 rings (SSSR count). The van der Waals surface area contributed by atoms with Crippen molar-refractivity contribution in [2.75, 3.05) is 13.2 Å². The summed E-state index contributed by atoms with van der Waals surface area (Å²) in [4.78, 5) is 26.4. The first-order valence-corrected chi connectivity index (χ1v) is 30.3. The van der Waals surface area contributed by atoms with Crippen molar-refractivity contribution in [3.05, 3.63) is 72.9 Å². The molecule has 0 aromatic heterocycles. The number of aliphatic hydroxyl groups is 5. The Balaban J connectivity index is 2.70. The molecule has 0 aliphatic carbocycles. The van der Waals surface area contributed by atoms with Crippen LogP contribution in [0.15, 0.2) is 72.9 Å². The summed E-state index contributed by atoms with van der Waals surface area (Å²) >= 11 is 0. The second-order valence-electron chi connectivity index (χ2n) is 20.8. The van der Waals surface area contributed by atoms with E-state index in [1.54, 1.807) is 6.08 Å². The average Bonchev–Trinajstić information content (AvgIpc) is 3.40. The van der Waals surface area contributed by atoms with Gasteiger partial charge >= 0.3 is 5.97 Å². The van der Waals surface area contributed by atoms with Gasteiger partial charge in [-0.15, -0.1) is 0 Å². The highest BCUT2D eigenvalue weighted by atomic mass is 16.7. The van der Waals surface area contributed by atoms with Crippen LogP contribution in [0.25, 0.3) is 0 Å². The molecular weight excluding hydrogens is 931 g/mol. The normalized spacial score (nSPS) is 19.8. The van der Waals surface area contributed by atoms with Gasteiger partial charge in [0.05, 0.1) is 25.4 Å². The van der Waals surface area contributed by atoms with Crippen LogP contribution in [0, 0.1) is 0 Å². The Bertz CT molecular complexity index is 1480. The van der Waals surface area contributed by atoms with Crippen molar-refractivity contribution >= 4 is 11.9 Å². The Labute approximate surface area is 451 Å². The molecule has 0 bridgehead atoms. The van der Waals surface area contributed by atoms with E-state index in [4.69, 9.17) is 14.2 Å². The second kappa shape index (κ2) is 50.9. The van der Waals surface area contributed by atoms with Crippen molar-refractivity contribution in [3.8, 4) is 0 Å². The molecule has 1 aliphatic rings. The number of carbonyl (C=O) groups is 2. The summed E-state index contributed by atoms with van der Waals surface area (Å²) in [6.07, 6.45) is 53.9. The summed E-state index contributed by atoms with van der Waals surface area (Å²) in [6.45, 7) is 5.61. The first kappa shape index (κ1) is 69.1. The van der Waals surface area contributed by atoms with E-state index in [0.29, 0.717) is 19.3 Å². The smallest absolute Gasteiger partial charge is 0.306 e. The van der Waals surface area contributed by atoms with E-state index in [0.717, 1.165) is 44.9 Å². The molecule has 1 amide bonds. The molecule has 8 unspecified atom stereocenters. The van der Waals surface area contributed by atoms with Crippen LogP contribution in [0.3, 0.4) is 0 Å². The molecule has 74 heavy (non-hydrogen) atoms. The van der Waals surface area contributed by atoms with Gasteiger partial charge in [0.1, 0.15) is 24.4 Å². The summed E-state index contributed by atoms with van der Waals surface area (Å²) in [6, 6.07) is -1.04. The van der Waals surface area contributed by atoms with Crippen molar-refractivity contribution in [2.24, 2.45) is 0 Å². The maximum atomic E-state index is 13.4. The molecule has 428 valence electrons. The molecule has 0 spiro atoms. The highest BCUT2D eigenvalue weighted by Gasteiger charge is 2.47. The van der Waals surface area contributed by atoms with E-state index in [1.165, 1.54) is 154 Å². The molecule has 0 aromatic rings. The van der Waals surface area contributed by atoms with Gasteiger partial charge in [0.25, 0.3) is 0 Å². The monoisotopic (exact) mass is 1040 g/mol. The highest BCUT2D eigenvalue weighted by Crippen LogP contribution is 2.26. The third-order valence-electron chi connectivity index (χ3n) is 14.0. The third kappa shape index (κ3) is 38.6.